The molecule has 0 bridgehead atoms. The molecule has 2 aromatic rings. The second-order valence-corrected chi connectivity index (χ2v) is 7.38. The van der Waals surface area contributed by atoms with E-state index in [1.54, 1.807) is 29.5 Å². The van der Waals surface area contributed by atoms with Gasteiger partial charge in [-0.3, -0.25) is 4.79 Å². The monoisotopic (exact) mass is 407 g/mol. The maximum absolute atomic E-state index is 12.0. The summed E-state index contributed by atoms with van der Waals surface area (Å²) in [5, 5.41) is 3.29. The summed E-state index contributed by atoms with van der Waals surface area (Å²) < 4.78 is 1.88. The van der Waals surface area contributed by atoms with Gasteiger partial charge in [0.25, 0.3) is 5.91 Å². The Bertz CT molecular complexity index is 585. The molecule has 1 heterocycles. The fourth-order valence-electron chi connectivity index (χ4n) is 1.38. The van der Waals surface area contributed by atoms with Crippen molar-refractivity contribution in [3.8, 4) is 0 Å². The first-order valence-electron chi connectivity index (χ1n) is 5.04. The van der Waals surface area contributed by atoms with Crippen LogP contribution < -0.4 is 5.32 Å². The molecule has 1 amide bonds. The van der Waals surface area contributed by atoms with E-state index in [-0.39, 0.29) is 5.91 Å². The molecule has 0 saturated carbocycles. The molecular weight excluding hydrogens is 401 g/mol. The quantitative estimate of drug-likeness (QED) is 0.771. The summed E-state index contributed by atoms with van der Waals surface area (Å²) in [6, 6.07) is 9.13. The summed E-state index contributed by atoms with van der Waals surface area (Å²) in [5.41, 5.74) is 0.474. The smallest absolute Gasteiger partial charge is 0.253 e. The highest BCUT2D eigenvalue weighted by Crippen LogP contribution is 2.23. The maximum atomic E-state index is 12.0. The first-order chi connectivity index (χ1) is 8.56. The first kappa shape index (κ1) is 14.1. The topological polar surface area (TPSA) is 29.1 Å². The predicted octanol–water partition coefficient (Wildman–Crippen LogP) is 4.86. The molecule has 0 unspecified atom stereocenters. The Hall–Kier alpha value is -0.360. The molecule has 6 heteroatoms. The Labute approximate surface area is 131 Å². The minimum absolute atomic E-state index is 0.175. The minimum Gasteiger partial charge on any atom is -0.347 e. The van der Waals surface area contributed by atoms with Crippen LogP contribution in [0.15, 0.2) is 38.6 Å². The summed E-state index contributed by atoms with van der Waals surface area (Å²) in [5.74, 6) is -0.175. The molecule has 0 aliphatic rings. The van der Waals surface area contributed by atoms with E-state index in [1.165, 1.54) is 0 Å². The number of thiophene rings is 1. The van der Waals surface area contributed by atoms with E-state index >= 15 is 0 Å². The SMILES string of the molecule is O=C(NCc1ccc(Br)s1)c1cc(Br)ccc1Cl. The van der Waals surface area contributed by atoms with Crippen LogP contribution in [0, 0.1) is 0 Å². The zero-order valence-corrected chi connectivity index (χ0v) is 13.8. The van der Waals surface area contributed by atoms with E-state index in [2.05, 4.69) is 37.2 Å². The van der Waals surface area contributed by atoms with E-state index < -0.39 is 0 Å². The normalized spacial score (nSPS) is 10.4. The third-order valence-corrected chi connectivity index (χ3v) is 4.67. The lowest BCUT2D eigenvalue weighted by atomic mass is 10.2. The molecule has 0 fully saturated rings. The van der Waals surface area contributed by atoms with Crippen molar-refractivity contribution in [2.75, 3.05) is 0 Å². The number of nitrogens with one attached hydrogen (secondary N) is 1. The van der Waals surface area contributed by atoms with E-state index in [9.17, 15) is 4.79 Å². The first-order valence-corrected chi connectivity index (χ1v) is 7.82. The van der Waals surface area contributed by atoms with E-state index in [0.717, 1.165) is 13.1 Å². The molecule has 2 nitrogen and oxygen atoms in total. The number of amides is 1. The summed E-state index contributed by atoms with van der Waals surface area (Å²) in [6.45, 7) is 0.498. The number of carbonyl (C=O) groups is 1. The number of benzene rings is 1. The van der Waals surface area contributed by atoms with Crippen LogP contribution in [0.4, 0.5) is 0 Å². The Balaban J connectivity index is 2.05. The maximum Gasteiger partial charge on any atom is 0.253 e. The van der Waals surface area contributed by atoms with E-state index in [4.69, 9.17) is 11.6 Å². The Morgan fingerprint density at radius 1 is 1.28 bits per heavy atom. The number of hydrogen-bond donors (Lipinski definition) is 1. The van der Waals surface area contributed by atoms with Crippen molar-refractivity contribution >= 4 is 60.7 Å². The molecule has 2 rings (SSSR count). The third kappa shape index (κ3) is 3.57. The lowest BCUT2D eigenvalue weighted by Crippen LogP contribution is -2.22. The average Bonchev–Trinajstić information content (AvgIpc) is 2.75. The van der Waals surface area contributed by atoms with Gasteiger partial charge in [-0.05, 0) is 46.3 Å². The molecule has 0 aliphatic carbocycles. The third-order valence-electron chi connectivity index (χ3n) is 2.23. The van der Waals surface area contributed by atoms with Crippen LogP contribution in [-0.4, -0.2) is 5.91 Å². The molecule has 1 N–H and O–H groups in total. The van der Waals surface area contributed by atoms with Crippen LogP contribution in [0.3, 0.4) is 0 Å². The highest BCUT2D eigenvalue weighted by Gasteiger charge is 2.10. The molecule has 94 valence electrons. The Morgan fingerprint density at radius 2 is 2.06 bits per heavy atom. The minimum atomic E-state index is -0.175. The van der Waals surface area contributed by atoms with Gasteiger partial charge in [-0.1, -0.05) is 27.5 Å². The van der Waals surface area contributed by atoms with Crippen LogP contribution in [0.2, 0.25) is 5.02 Å². The Morgan fingerprint density at radius 3 is 2.72 bits per heavy atom. The summed E-state index contributed by atoms with van der Waals surface area (Å²) >= 11 is 14.3. The van der Waals surface area contributed by atoms with Gasteiger partial charge in [0, 0.05) is 9.35 Å². The molecule has 1 aromatic carbocycles. The van der Waals surface area contributed by atoms with Gasteiger partial charge >= 0.3 is 0 Å². The predicted molar refractivity (Wildman–Crippen MR) is 82.3 cm³/mol. The molecule has 1 aromatic heterocycles. The standard InChI is InChI=1S/C12H8Br2ClNOS/c13-7-1-3-10(15)9(5-7)12(17)16-6-8-2-4-11(14)18-8/h1-5H,6H2,(H,16,17). The molecule has 0 atom stereocenters. The van der Waals surface area contributed by atoms with Crippen molar-refractivity contribution < 1.29 is 4.79 Å². The molecule has 0 aliphatic heterocycles. The summed E-state index contributed by atoms with van der Waals surface area (Å²) in [4.78, 5) is 13.1. The van der Waals surface area contributed by atoms with Gasteiger partial charge in [0.15, 0.2) is 0 Å². The summed E-state index contributed by atoms with van der Waals surface area (Å²) in [6.07, 6.45) is 0. The Kier molecular flexibility index (Phi) is 4.84. The number of carbonyl (C=O) groups excluding carboxylic acids is 1. The van der Waals surface area contributed by atoms with Crippen molar-refractivity contribution in [1.82, 2.24) is 5.32 Å². The zero-order chi connectivity index (χ0) is 13.1. The molecular formula is C12H8Br2ClNOS. The molecule has 0 radical (unpaired) electrons. The number of hydrogen-bond acceptors (Lipinski definition) is 2. The zero-order valence-electron chi connectivity index (χ0n) is 9.04. The van der Waals surface area contributed by atoms with Crippen molar-refractivity contribution in [2.24, 2.45) is 0 Å². The fourth-order valence-corrected chi connectivity index (χ4v) is 3.37. The van der Waals surface area contributed by atoms with Gasteiger partial charge < -0.3 is 5.32 Å². The van der Waals surface area contributed by atoms with Crippen molar-refractivity contribution in [2.45, 2.75) is 6.54 Å². The van der Waals surface area contributed by atoms with Gasteiger partial charge in [0.2, 0.25) is 0 Å². The van der Waals surface area contributed by atoms with E-state index in [0.29, 0.717) is 17.1 Å². The average molecular weight is 410 g/mol. The number of rotatable bonds is 3. The van der Waals surface area contributed by atoms with Gasteiger partial charge in [-0.15, -0.1) is 11.3 Å². The lowest BCUT2D eigenvalue weighted by molar-refractivity contribution is 0.0951. The van der Waals surface area contributed by atoms with Gasteiger partial charge in [0.05, 0.1) is 20.9 Å². The summed E-state index contributed by atoms with van der Waals surface area (Å²) in [7, 11) is 0. The largest absolute Gasteiger partial charge is 0.347 e. The van der Waals surface area contributed by atoms with Crippen LogP contribution in [0.25, 0.3) is 0 Å². The van der Waals surface area contributed by atoms with Gasteiger partial charge in [0.1, 0.15) is 0 Å². The van der Waals surface area contributed by atoms with Crippen LogP contribution in [-0.2, 0) is 6.54 Å². The van der Waals surface area contributed by atoms with E-state index in [1.807, 2.05) is 12.1 Å². The second-order valence-electron chi connectivity index (χ2n) is 3.51. The molecule has 18 heavy (non-hydrogen) atoms. The second kappa shape index (κ2) is 6.19. The van der Waals surface area contributed by atoms with Crippen molar-refractivity contribution in [3.63, 3.8) is 0 Å². The molecule has 0 saturated heterocycles. The highest BCUT2D eigenvalue weighted by molar-refractivity contribution is 9.11. The van der Waals surface area contributed by atoms with Crippen LogP contribution >= 0.6 is 54.8 Å². The van der Waals surface area contributed by atoms with Gasteiger partial charge in [-0.2, -0.15) is 0 Å². The number of halogens is 3. The highest BCUT2D eigenvalue weighted by atomic mass is 79.9. The van der Waals surface area contributed by atoms with Gasteiger partial charge in [-0.25, -0.2) is 0 Å². The van der Waals surface area contributed by atoms with Crippen molar-refractivity contribution in [3.05, 3.63) is 54.1 Å². The molecule has 0 spiro atoms. The van der Waals surface area contributed by atoms with Crippen molar-refractivity contribution in [1.29, 1.82) is 0 Å². The van der Waals surface area contributed by atoms with Crippen LogP contribution in [0.1, 0.15) is 15.2 Å². The lowest BCUT2D eigenvalue weighted by Gasteiger charge is -2.06. The van der Waals surface area contributed by atoms with Crippen LogP contribution in [0.5, 0.6) is 0 Å². The fraction of sp³-hybridized carbons (Fsp3) is 0.0833.